The molecule has 2 N–H and O–H groups in total. The topological polar surface area (TPSA) is 52.9 Å². The van der Waals surface area contributed by atoms with Gasteiger partial charge in [-0.05, 0) is 62.8 Å². The van der Waals surface area contributed by atoms with Gasteiger partial charge in [-0.1, -0.05) is 12.1 Å². The van der Waals surface area contributed by atoms with Gasteiger partial charge in [0.2, 0.25) is 0 Å². The van der Waals surface area contributed by atoms with Gasteiger partial charge < -0.3 is 14.9 Å². The van der Waals surface area contributed by atoms with Crippen LogP contribution in [0, 0.1) is 0 Å². The Labute approximate surface area is 133 Å². The molecule has 0 spiro atoms. The first-order valence-electron chi connectivity index (χ1n) is 8.38. The third-order valence-corrected chi connectivity index (χ3v) is 4.52. The van der Waals surface area contributed by atoms with E-state index in [2.05, 4.69) is 11.0 Å². The minimum absolute atomic E-state index is 0.118. The number of ether oxygens (including phenoxy) is 1. The Bertz CT molecular complexity index is 430. The van der Waals surface area contributed by atoms with E-state index in [9.17, 15) is 10.2 Å². The fourth-order valence-corrected chi connectivity index (χ4v) is 3.26. The van der Waals surface area contributed by atoms with Crippen LogP contribution in [-0.2, 0) is 11.3 Å². The summed E-state index contributed by atoms with van der Waals surface area (Å²) in [7, 11) is 1.74. The zero-order chi connectivity index (χ0) is 15.8. The van der Waals surface area contributed by atoms with E-state index in [0.29, 0.717) is 11.8 Å². The monoisotopic (exact) mass is 307 g/mol. The summed E-state index contributed by atoms with van der Waals surface area (Å²) >= 11 is 0. The van der Waals surface area contributed by atoms with Gasteiger partial charge in [0.15, 0.2) is 0 Å². The molecule has 0 atom stereocenters. The van der Waals surface area contributed by atoms with Crippen molar-refractivity contribution in [3.8, 4) is 5.75 Å². The van der Waals surface area contributed by atoms with Gasteiger partial charge in [0.25, 0.3) is 0 Å². The molecule has 0 unspecified atom stereocenters. The van der Waals surface area contributed by atoms with Crippen molar-refractivity contribution in [3.05, 3.63) is 29.8 Å². The van der Waals surface area contributed by atoms with E-state index in [1.54, 1.807) is 13.2 Å². The number of aliphatic hydroxyl groups is 1. The number of hydrogen-bond acceptors (Lipinski definition) is 4. The average molecular weight is 307 g/mol. The molecule has 1 aromatic rings. The van der Waals surface area contributed by atoms with E-state index in [1.165, 1.54) is 0 Å². The fraction of sp³-hybridized carbons (Fsp3) is 0.667. The number of aliphatic hydroxyl groups excluding tert-OH is 1. The summed E-state index contributed by atoms with van der Waals surface area (Å²) in [5.41, 5.74) is 1.15. The Kier molecular flexibility index (Phi) is 7.16. The normalized spacial score (nSPS) is 22.1. The molecule has 0 heterocycles. The van der Waals surface area contributed by atoms with E-state index < -0.39 is 0 Å². The second-order valence-corrected chi connectivity index (χ2v) is 6.30. The van der Waals surface area contributed by atoms with E-state index in [1.807, 2.05) is 12.1 Å². The standard InChI is InChI=1S/C18H29NO3/c1-22-12-3-2-11-19(16-7-9-17(20)10-8-16)14-15-5-4-6-18(21)13-15/h4-6,13,16-17,20-21H,2-3,7-12,14H2,1H3. The molecule has 0 bridgehead atoms. The van der Waals surface area contributed by atoms with Crippen LogP contribution in [0.15, 0.2) is 24.3 Å². The van der Waals surface area contributed by atoms with Crippen molar-refractivity contribution in [2.24, 2.45) is 0 Å². The first-order valence-corrected chi connectivity index (χ1v) is 8.38. The third kappa shape index (κ3) is 5.59. The van der Waals surface area contributed by atoms with Gasteiger partial charge in [-0.3, -0.25) is 4.90 Å². The summed E-state index contributed by atoms with van der Waals surface area (Å²) in [5.74, 6) is 0.330. The summed E-state index contributed by atoms with van der Waals surface area (Å²) < 4.78 is 5.13. The SMILES string of the molecule is COCCCCN(Cc1cccc(O)c1)C1CCC(O)CC1. The largest absolute Gasteiger partial charge is 0.508 e. The number of benzene rings is 1. The van der Waals surface area contributed by atoms with Crippen molar-refractivity contribution in [2.75, 3.05) is 20.3 Å². The zero-order valence-electron chi connectivity index (χ0n) is 13.6. The molecular formula is C18H29NO3. The molecule has 124 valence electrons. The second-order valence-electron chi connectivity index (χ2n) is 6.30. The molecule has 22 heavy (non-hydrogen) atoms. The van der Waals surface area contributed by atoms with Gasteiger partial charge in [-0.2, -0.15) is 0 Å². The molecule has 2 rings (SSSR count). The summed E-state index contributed by atoms with van der Waals surface area (Å²) in [6, 6.07) is 8.06. The lowest BCUT2D eigenvalue weighted by atomic mass is 9.91. The van der Waals surface area contributed by atoms with Crippen LogP contribution in [0.25, 0.3) is 0 Å². The van der Waals surface area contributed by atoms with Crippen LogP contribution in [0.5, 0.6) is 5.75 Å². The number of hydrogen-bond donors (Lipinski definition) is 2. The molecule has 1 fully saturated rings. The lowest BCUT2D eigenvalue weighted by molar-refractivity contribution is 0.0680. The molecular weight excluding hydrogens is 278 g/mol. The van der Waals surface area contributed by atoms with Crippen LogP contribution in [-0.4, -0.2) is 47.5 Å². The van der Waals surface area contributed by atoms with Crippen molar-refractivity contribution in [1.29, 1.82) is 0 Å². The molecule has 0 aliphatic heterocycles. The predicted molar refractivity (Wildman–Crippen MR) is 87.9 cm³/mol. The van der Waals surface area contributed by atoms with E-state index in [-0.39, 0.29) is 6.10 Å². The Morgan fingerprint density at radius 2 is 1.95 bits per heavy atom. The number of rotatable bonds is 8. The highest BCUT2D eigenvalue weighted by atomic mass is 16.5. The van der Waals surface area contributed by atoms with E-state index in [0.717, 1.165) is 63.8 Å². The van der Waals surface area contributed by atoms with Crippen LogP contribution < -0.4 is 0 Å². The predicted octanol–water partition coefficient (Wildman–Crippen LogP) is 2.92. The van der Waals surface area contributed by atoms with Gasteiger partial charge in [-0.15, -0.1) is 0 Å². The lowest BCUT2D eigenvalue weighted by Crippen LogP contribution is -2.39. The van der Waals surface area contributed by atoms with Gasteiger partial charge in [0, 0.05) is 26.3 Å². The summed E-state index contributed by atoms with van der Waals surface area (Å²) in [6.07, 6.45) is 5.99. The number of nitrogens with zero attached hydrogens (tertiary/aromatic N) is 1. The quantitative estimate of drug-likeness (QED) is 0.725. The van der Waals surface area contributed by atoms with Crippen LogP contribution >= 0.6 is 0 Å². The maximum absolute atomic E-state index is 9.71. The first kappa shape index (κ1) is 17.3. The van der Waals surface area contributed by atoms with Crippen molar-refractivity contribution >= 4 is 0 Å². The molecule has 0 amide bonds. The van der Waals surface area contributed by atoms with Crippen LogP contribution in [0.4, 0.5) is 0 Å². The molecule has 4 nitrogen and oxygen atoms in total. The van der Waals surface area contributed by atoms with Crippen molar-refractivity contribution in [3.63, 3.8) is 0 Å². The van der Waals surface area contributed by atoms with Gasteiger partial charge in [0.1, 0.15) is 5.75 Å². The Morgan fingerprint density at radius 3 is 2.64 bits per heavy atom. The van der Waals surface area contributed by atoms with Crippen molar-refractivity contribution in [2.45, 2.75) is 57.2 Å². The average Bonchev–Trinajstić information content (AvgIpc) is 2.51. The van der Waals surface area contributed by atoms with Crippen LogP contribution in [0.1, 0.15) is 44.1 Å². The van der Waals surface area contributed by atoms with Gasteiger partial charge >= 0.3 is 0 Å². The van der Waals surface area contributed by atoms with E-state index >= 15 is 0 Å². The summed E-state index contributed by atoms with van der Waals surface area (Å²) in [5, 5.41) is 19.4. The molecule has 0 radical (unpaired) electrons. The van der Waals surface area contributed by atoms with Gasteiger partial charge in [0.05, 0.1) is 6.10 Å². The first-order chi connectivity index (χ1) is 10.7. The number of phenolic OH excluding ortho intramolecular Hbond substituents is 1. The Morgan fingerprint density at radius 1 is 1.18 bits per heavy atom. The molecule has 1 aromatic carbocycles. The van der Waals surface area contributed by atoms with Crippen LogP contribution in [0.3, 0.4) is 0 Å². The smallest absolute Gasteiger partial charge is 0.115 e. The molecule has 0 aromatic heterocycles. The van der Waals surface area contributed by atoms with Crippen molar-refractivity contribution < 1.29 is 14.9 Å². The summed E-state index contributed by atoms with van der Waals surface area (Å²) in [4.78, 5) is 2.51. The molecule has 1 aliphatic rings. The number of methoxy groups -OCH3 is 1. The Hall–Kier alpha value is -1.10. The number of aromatic hydroxyl groups is 1. The maximum atomic E-state index is 9.71. The maximum Gasteiger partial charge on any atom is 0.115 e. The molecule has 1 aliphatic carbocycles. The highest BCUT2D eigenvalue weighted by molar-refractivity contribution is 5.27. The Balaban J connectivity index is 1.94. The minimum atomic E-state index is -0.118. The zero-order valence-corrected chi connectivity index (χ0v) is 13.6. The number of phenols is 1. The van der Waals surface area contributed by atoms with Crippen molar-refractivity contribution in [1.82, 2.24) is 4.90 Å². The third-order valence-electron chi connectivity index (χ3n) is 4.52. The second kappa shape index (κ2) is 9.13. The number of unbranched alkanes of at least 4 members (excludes halogenated alkanes) is 1. The molecule has 1 saturated carbocycles. The van der Waals surface area contributed by atoms with E-state index in [4.69, 9.17) is 4.74 Å². The molecule has 0 saturated heterocycles. The fourth-order valence-electron chi connectivity index (χ4n) is 3.26. The highest BCUT2D eigenvalue weighted by Crippen LogP contribution is 2.25. The highest BCUT2D eigenvalue weighted by Gasteiger charge is 2.24. The lowest BCUT2D eigenvalue weighted by Gasteiger charge is -2.36. The van der Waals surface area contributed by atoms with Crippen LogP contribution in [0.2, 0.25) is 0 Å². The minimum Gasteiger partial charge on any atom is -0.508 e. The van der Waals surface area contributed by atoms with Gasteiger partial charge in [-0.25, -0.2) is 0 Å². The molecule has 4 heteroatoms. The summed E-state index contributed by atoms with van der Waals surface area (Å²) in [6.45, 7) is 2.71.